The molecule has 2 aromatic heterocycles. The predicted molar refractivity (Wildman–Crippen MR) is 109 cm³/mol. The lowest BCUT2D eigenvalue weighted by Gasteiger charge is -2.16. The molecule has 0 unspecified atom stereocenters. The molecule has 4 rings (SSSR count). The van der Waals surface area contributed by atoms with Gasteiger partial charge >= 0.3 is 0 Å². The van der Waals surface area contributed by atoms with Crippen LogP contribution in [0.2, 0.25) is 0 Å². The van der Waals surface area contributed by atoms with Gasteiger partial charge in [-0.3, -0.25) is 19.4 Å². The fourth-order valence-electron chi connectivity index (χ4n) is 3.05. The molecule has 0 saturated heterocycles. The number of furan rings is 1. The number of hydrogen-bond donors (Lipinski definition) is 3. The van der Waals surface area contributed by atoms with Crippen LogP contribution in [0.25, 0.3) is 0 Å². The van der Waals surface area contributed by atoms with Crippen LogP contribution in [0.3, 0.4) is 0 Å². The topological polar surface area (TPSA) is 134 Å². The highest BCUT2D eigenvalue weighted by molar-refractivity contribution is 7.99. The van der Waals surface area contributed by atoms with Crippen LogP contribution in [0, 0.1) is 0 Å². The second kappa shape index (κ2) is 7.84. The van der Waals surface area contributed by atoms with Gasteiger partial charge in [0.15, 0.2) is 22.4 Å². The minimum atomic E-state index is -0.614. The molecule has 1 aliphatic heterocycles. The minimum Gasteiger partial charge on any atom is -0.459 e. The van der Waals surface area contributed by atoms with Crippen LogP contribution in [0.5, 0.6) is 0 Å². The minimum absolute atomic E-state index is 0.0405. The first-order valence-corrected chi connectivity index (χ1v) is 9.77. The van der Waals surface area contributed by atoms with E-state index in [0.29, 0.717) is 6.54 Å². The summed E-state index contributed by atoms with van der Waals surface area (Å²) in [4.78, 5) is 45.3. The largest absolute Gasteiger partial charge is 0.459 e. The summed E-state index contributed by atoms with van der Waals surface area (Å²) in [7, 11) is 0. The number of benzene rings is 1. The number of thioether (sulfide) groups is 1. The summed E-state index contributed by atoms with van der Waals surface area (Å²) in [5.41, 5.74) is 7.10. The Morgan fingerprint density at radius 3 is 2.86 bits per heavy atom. The van der Waals surface area contributed by atoms with Crippen molar-refractivity contribution >= 4 is 40.8 Å². The molecule has 3 heterocycles. The Balaban J connectivity index is 1.43. The van der Waals surface area contributed by atoms with Gasteiger partial charge in [0, 0.05) is 12.2 Å². The predicted octanol–water partition coefficient (Wildman–Crippen LogP) is 1.88. The maximum Gasteiger partial charge on any atom is 0.291 e. The number of amides is 2. The summed E-state index contributed by atoms with van der Waals surface area (Å²) in [5.74, 6) is -0.711. The van der Waals surface area contributed by atoms with E-state index in [1.54, 1.807) is 11.0 Å². The quantitative estimate of drug-likeness (QED) is 0.431. The molecule has 0 atom stereocenters. The van der Waals surface area contributed by atoms with Gasteiger partial charge < -0.3 is 20.4 Å². The average Bonchev–Trinajstić information content (AvgIpc) is 3.38. The third kappa shape index (κ3) is 3.87. The van der Waals surface area contributed by atoms with Crippen LogP contribution in [-0.4, -0.2) is 34.1 Å². The zero-order chi connectivity index (χ0) is 20.4. The van der Waals surface area contributed by atoms with Gasteiger partial charge in [-0.25, -0.2) is 4.98 Å². The molecule has 0 radical (unpaired) electrons. The maximum absolute atomic E-state index is 12.6. The molecule has 2 amide bonds. The van der Waals surface area contributed by atoms with Crippen molar-refractivity contribution in [3.63, 3.8) is 0 Å². The molecule has 148 valence electrons. The number of H-pyrrole nitrogens is 1. The van der Waals surface area contributed by atoms with E-state index in [1.807, 2.05) is 24.3 Å². The molecule has 0 saturated carbocycles. The molecule has 0 spiro atoms. The van der Waals surface area contributed by atoms with E-state index in [2.05, 4.69) is 15.3 Å². The number of carbonyl (C=O) groups is 2. The smallest absolute Gasteiger partial charge is 0.291 e. The number of hydrogen-bond acceptors (Lipinski definition) is 7. The second-order valence-corrected chi connectivity index (χ2v) is 7.24. The molecule has 3 aromatic rings. The Bertz CT molecular complexity index is 1130. The summed E-state index contributed by atoms with van der Waals surface area (Å²) < 4.78 is 4.98. The SMILES string of the molecule is Nc1nc(SCC(=O)N2CCc3ccccc32)[nH]c(=O)c1NC(=O)c1ccco1. The monoisotopic (exact) mass is 411 g/mol. The molecule has 4 N–H and O–H groups in total. The van der Waals surface area contributed by atoms with Gasteiger partial charge in [0.25, 0.3) is 11.5 Å². The number of carbonyl (C=O) groups excluding carboxylic acids is 2. The van der Waals surface area contributed by atoms with Gasteiger partial charge in [-0.1, -0.05) is 30.0 Å². The van der Waals surface area contributed by atoms with E-state index >= 15 is 0 Å². The van der Waals surface area contributed by atoms with Crippen molar-refractivity contribution in [3.8, 4) is 0 Å². The molecule has 9 nitrogen and oxygen atoms in total. The average molecular weight is 411 g/mol. The van der Waals surface area contributed by atoms with Crippen LogP contribution in [-0.2, 0) is 11.2 Å². The lowest BCUT2D eigenvalue weighted by atomic mass is 10.2. The van der Waals surface area contributed by atoms with E-state index in [4.69, 9.17) is 10.2 Å². The fourth-order valence-corrected chi connectivity index (χ4v) is 3.79. The van der Waals surface area contributed by atoms with Crippen LogP contribution < -0.4 is 21.5 Å². The first-order valence-electron chi connectivity index (χ1n) is 8.78. The van der Waals surface area contributed by atoms with Crippen molar-refractivity contribution in [2.24, 2.45) is 0 Å². The molecule has 0 bridgehead atoms. The number of nitrogens with one attached hydrogen (secondary N) is 2. The van der Waals surface area contributed by atoms with Crippen LogP contribution in [0.1, 0.15) is 16.1 Å². The van der Waals surface area contributed by atoms with Crippen LogP contribution in [0.4, 0.5) is 17.2 Å². The molecule has 0 aliphatic carbocycles. The molecule has 1 aliphatic rings. The first-order chi connectivity index (χ1) is 14.0. The highest BCUT2D eigenvalue weighted by Gasteiger charge is 2.24. The first kappa shape index (κ1) is 18.8. The second-order valence-electron chi connectivity index (χ2n) is 6.28. The molecule has 10 heteroatoms. The van der Waals surface area contributed by atoms with Crippen molar-refractivity contribution in [1.82, 2.24) is 9.97 Å². The Labute approximate surface area is 169 Å². The summed E-state index contributed by atoms with van der Waals surface area (Å²) in [5, 5.41) is 2.58. The van der Waals surface area contributed by atoms with Crippen LogP contribution in [0.15, 0.2) is 57.0 Å². The van der Waals surface area contributed by atoms with Gasteiger partial charge in [0.2, 0.25) is 5.91 Å². The number of aromatic amines is 1. The van der Waals surface area contributed by atoms with Gasteiger partial charge in [-0.15, -0.1) is 0 Å². The number of rotatable bonds is 5. The van der Waals surface area contributed by atoms with E-state index in [9.17, 15) is 14.4 Å². The highest BCUT2D eigenvalue weighted by Crippen LogP contribution is 2.28. The highest BCUT2D eigenvalue weighted by atomic mass is 32.2. The summed E-state index contributed by atoms with van der Waals surface area (Å²) in [6.07, 6.45) is 2.16. The van der Waals surface area contributed by atoms with Crippen molar-refractivity contribution in [1.29, 1.82) is 0 Å². The third-order valence-corrected chi connectivity index (χ3v) is 5.29. The van der Waals surface area contributed by atoms with Gasteiger partial charge in [-0.05, 0) is 30.2 Å². The Kier molecular flexibility index (Phi) is 5.09. The molecular formula is C19H17N5O4S. The normalized spacial score (nSPS) is 12.6. The number of nitrogen functional groups attached to an aromatic ring is 1. The molecule has 0 fully saturated rings. The van der Waals surface area contributed by atoms with E-state index in [-0.39, 0.29) is 34.1 Å². The standard InChI is InChI=1S/C19H17N5O4S/c20-16-15(21-17(26)13-6-3-9-28-13)18(27)23-19(22-16)29-10-14(25)24-8-7-11-4-1-2-5-12(11)24/h1-6,9H,7-8,10H2,(H,21,26)(H3,20,22,23,27). The summed E-state index contributed by atoms with van der Waals surface area (Å²) in [6, 6.07) is 10.8. The molecular weight excluding hydrogens is 394 g/mol. The third-order valence-electron chi connectivity index (χ3n) is 4.43. The molecule has 1 aromatic carbocycles. The van der Waals surface area contributed by atoms with Crippen molar-refractivity contribution < 1.29 is 14.0 Å². The fraction of sp³-hybridized carbons (Fsp3) is 0.158. The lowest BCUT2D eigenvalue weighted by Crippen LogP contribution is -2.30. The number of nitrogens with two attached hydrogens (primary N) is 1. The van der Waals surface area contributed by atoms with Crippen molar-refractivity contribution in [2.75, 3.05) is 28.2 Å². The number of fused-ring (bicyclic) bond motifs is 1. The summed E-state index contributed by atoms with van der Waals surface area (Å²) in [6.45, 7) is 0.628. The maximum atomic E-state index is 12.6. The number of anilines is 3. The zero-order valence-electron chi connectivity index (χ0n) is 15.2. The zero-order valence-corrected chi connectivity index (χ0v) is 16.0. The summed E-state index contributed by atoms with van der Waals surface area (Å²) >= 11 is 1.07. The number of aromatic nitrogens is 2. The van der Waals surface area contributed by atoms with E-state index < -0.39 is 11.5 Å². The lowest BCUT2D eigenvalue weighted by molar-refractivity contribution is -0.116. The number of para-hydroxylation sites is 1. The van der Waals surface area contributed by atoms with Gasteiger partial charge in [-0.2, -0.15) is 0 Å². The Morgan fingerprint density at radius 2 is 2.10 bits per heavy atom. The van der Waals surface area contributed by atoms with Crippen molar-refractivity contribution in [3.05, 3.63) is 64.3 Å². The van der Waals surface area contributed by atoms with Crippen molar-refractivity contribution in [2.45, 2.75) is 11.6 Å². The Hall–Kier alpha value is -3.53. The van der Waals surface area contributed by atoms with Gasteiger partial charge in [0.05, 0.1) is 12.0 Å². The van der Waals surface area contributed by atoms with E-state index in [1.165, 1.54) is 12.3 Å². The Morgan fingerprint density at radius 1 is 1.28 bits per heavy atom. The molecule has 29 heavy (non-hydrogen) atoms. The van der Waals surface area contributed by atoms with E-state index in [0.717, 1.165) is 29.4 Å². The van der Waals surface area contributed by atoms with Crippen LogP contribution >= 0.6 is 11.8 Å². The number of nitrogens with zero attached hydrogens (tertiary/aromatic N) is 2. The van der Waals surface area contributed by atoms with Gasteiger partial charge in [0.1, 0.15) is 0 Å².